The van der Waals surface area contributed by atoms with E-state index in [2.05, 4.69) is 31.0 Å². The summed E-state index contributed by atoms with van der Waals surface area (Å²) in [6, 6.07) is 3.65. The molecule has 2 saturated carbocycles. The van der Waals surface area contributed by atoms with E-state index in [1.54, 1.807) is 24.3 Å². The van der Waals surface area contributed by atoms with Gasteiger partial charge in [0, 0.05) is 23.9 Å². The van der Waals surface area contributed by atoms with Crippen molar-refractivity contribution in [2.45, 2.75) is 88.2 Å². The summed E-state index contributed by atoms with van der Waals surface area (Å²) in [6.45, 7) is 5.47. The number of benzene rings is 1. The Morgan fingerprint density at radius 3 is 2.42 bits per heavy atom. The van der Waals surface area contributed by atoms with Crippen LogP contribution in [0, 0.1) is 11.3 Å². The average molecular weight is 764 g/mol. The smallest absolute Gasteiger partial charge is 0.271 e. The molecule has 20 heteroatoms. The molecular formula is C32H39F2N9O7S2. The minimum Gasteiger partial charge on any atom is -0.497 e. The zero-order valence-corrected chi connectivity index (χ0v) is 30.4. The number of tetrazole rings is 1. The van der Waals surface area contributed by atoms with Crippen LogP contribution in [0.1, 0.15) is 69.4 Å². The number of halogens is 2. The highest BCUT2D eigenvalue weighted by molar-refractivity contribution is 7.91. The Labute approximate surface area is 302 Å². The molecule has 0 bridgehead atoms. The van der Waals surface area contributed by atoms with Crippen LogP contribution in [0.3, 0.4) is 0 Å². The van der Waals surface area contributed by atoms with E-state index in [9.17, 15) is 36.4 Å². The minimum atomic E-state index is -4.12. The van der Waals surface area contributed by atoms with Crippen LogP contribution in [0.5, 0.6) is 5.75 Å². The first kappa shape index (κ1) is 37.2. The van der Waals surface area contributed by atoms with E-state index in [1.165, 1.54) is 39.0 Å². The number of thiazole rings is 1. The van der Waals surface area contributed by atoms with E-state index in [-0.39, 0.29) is 30.9 Å². The summed E-state index contributed by atoms with van der Waals surface area (Å²) < 4.78 is 60.4. The molecule has 2 aliphatic carbocycles. The number of alkyl halides is 2. The second kappa shape index (κ2) is 14.1. The molecule has 3 N–H and O–H groups in total. The summed E-state index contributed by atoms with van der Waals surface area (Å²) in [6.07, 6.45) is -2.86. The largest absolute Gasteiger partial charge is 0.497 e. The number of aromatic nitrogens is 5. The standard InChI is InChI=1S/C32H39F2N9O7S2/c1-31(2,3)13-22(36-27(44)23-15-51-16-35-23)29(46)42-14-18(43-39-26(38-41-43)17-5-7-19(50-4)8-6-17)11-24(42)28(45)37-32(12-21(32)25(33)34)30(47)40-52(48,49)20-9-10-20/h5-8,15-16,18,20-22,24-25H,9-14H2,1-4H3,(H,36,44)(H,37,45)(H,40,47)/t18-,21+,22+,24?,32-/m1/s1. The van der Waals surface area contributed by atoms with Crippen molar-refractivity contribution in [3.05, 3.63) is 40.8 Å². The van der Waals surface area contributed by atoms with Gasteiger partial charge in [0.15, 0.2) is 0 Å². The first-order valence-electron chi connectivity index (χ1n) is 16.6. The van der Waals surface area contributed by atoms with Gasteiger partial charge >= 0.3 is 0 Å². The summed E-state index contributed by atoms with van der Waals surface area (Å²) in [4.78, 5) is 61.5. The van der Waals surface area contributed by atoms with E-state index in [1.807, 2.05) is 25.5 Å². The molecule has 2 aromatic heterocycles. The number of methoxy groups -OCH3 is 1. The highest BCUT2D eigenvalue weighted by atomic mass is 32.2. The lowest BCUT2D eigenvalue weighted by molar-refractivity contribution is -0.141. The molecule has 0 spiro atoms. The summed E-state index contributed by atoms with van der Waals surface area (Å²) in [5.74, 6) is -4.24. The lowest BCUT2D eigenvalue weighted by Gasteiger charge is -2.32. The Morgan fingerprint density at radius 1 is 1.13 bits per heavy atom. The second-order valence-electron chi connectivity index (χ2n) is 14.5. The van der Waals surface area contributed by atoms with Crippen molar-refractivity contribution in [1.29, 1.82) is 0 Å². The van der Waals surface area contributed by atoms with Gasteiger partial charge in [-0.1, -0.05) is 20.8 Å². The maximum absolute atomic E-state index is 14.4. The van der Waals surface area contributed by atoms with Crippen LogP contribution in [-0.2, 0) is 24.4 Å². The Morgan fingerprint density at radius 2 is 1.85 bits per heavy atom. The Kier molecular flexibility index (Phi) is 10.1. The predicted octanol–water partition coefficient (Wildman–Crippen LogP) is 1.93. The number of rotatable bonds is 13. The van der Waals surface area contributed by atoms with Crippen molar-refractivity contribution in [3.8, 4) is 17.1 Å². The Balaban J connectivity index is 1.30. The molecule has 3 fully saturated rings. The SMILES string of the molecule is COc1ccc(-c2nnn([C@@H]3CC(C(=O)N[C@]4(C(=O)NS(=O)(=O)C5CC5)C[C@H]4C(F)F)N(C(=O)[C@H](CC(C)(C)C)NC(=O)c4cscn4)C3)n2)cc1. The van der Waals surface area contributed by atoms with Crippen LogP contribution in [-0.4, -0.2) is 105 Å². The highest BCUT2D eigenvalue weighted by Gasteiger charge is 2.66. The number of hydrogen-bond donors (Lipinski definition) is 3. The molecule has 3 aromatic rings. The topological polar surface area (TPSA) is 207 Å². The Hall–Kier alpha value is -4.59. The molecular weight excluding hydrogens is 725 g/mol. The number of ether oxygens (including phenoxy) is 1. The van der Waals surface area contributed by atoms with Crippen molar-refractivity contribution in [3.63, 3.8) is 0 Å². The maximum Gasteiger partial charge on any atom is 0.271 e. The van der Waals surface area contributed by atoms with Gasteiger partial charge in [0.25, 0.3) is 11.8 Å². The van der Waals surface area contributed by atoms with E-state index in [0.29, 0.717) is 24.2 Å². The molecule has 5 atom stereocenters. The zero-order chi connectivity index (χ0) is 37.6. The van der Waals surface area contributed by atoms with E-state index < -0.39 is 86.7 Å². The normalized spacial score (nSPS) is 23.6. The van der Waals surface area contributed by atoms with Crippen LogP contribution >= 0.6 is 11.3 Å². The first-order valence-corrected chi connectivity index (χ1v) is 19.1. The van der Waals surface area contributed by atoms with Gasteiger partial charge in [-0.15, -0.1) is 21.5 Å². The molecule has 3 aliphatic rings. The van der Waals surface area contributed by atoms with E-state index in [4.69, 9.17) is 4.74 Å². The van der Waals surface area contributed by atoms with Crippen LogP contribution in [0.2, 0.25) is 0 Å². The van der Waals surface area contributed by atoms with Crippen molar-refractivity contribution >= 4 is 45.0 Å². The average Bonchev–Trinajstić information content (AvgIpc) is 3.85. The fourth-order valence-corrected chi connectivity index (χ4v) is 8.21. The molecule has 16 nitrogen and oxygen atoms in total. The van der Waals surface area contributed by atoms with Gasteiger partial charge in [0.05, 0.1) is 29.8 Å². The van der Waals surface area contributed by atoms with Crippen LogP contribution in [0.4, 0.5) is 8.78 Å². The van der Waals surface area contributed by atoms with Crippen LogP contribution in [0.25, 0.3) is 11.4 Å². The van der Waals surface area contributed by atoms with Crippen molar-refractivity contribution in [1.82, 2.24) is 45.4 Å². The number of nitrogens with one attached hydrogen (secondary N) is 3. The molecule has 1 unspecified atom stereocenters. The van der Waals surface area contributed by atoms with Crippen molar-refractivity contribution in [2.75, 3.05) is 13.7 Å². The molecule has 0 radical (unpaired) electrons. The monoisotopic (exact) mass is 763 g/mol. The predicted molar refractivity (Wildman–Crippen MR) is 181 cm³/mol. The molecule has 1 saturated heterocycles. The third-order valence-corrected chi connectivity index (χ3v) is 11.7. The van der Waals surface area contributed by atoms with Crippen molar-refractivity contribution in [2.24, 2.45) is 11.3 Å². The summed E-state index contributed by atoms with van der Waals surface area (Å²) in [7, 11) is -2.60. The maximum atomic E-state index is 14.4. The molecule has 3 heterocycles. The number of carbonyl (C=O) groups excluding carboxylic acids is 4. The van der Waals surface area contributed by atoms with Crippen molar-refractivity contribution < 1.29 is 41.1 Å². The summed E-state index contributed by atoms with van der Waals surface area (Å²) in [5.41, 5.74) is -0.511. The molecule has 1 aliphatic heterocycles. The molecule has 280 valence electrons. The number of amides is 4. The number of likely N-dealkylation sites (tertiary alicyclic amines) is 1. The number of hydrogen-bond acceptors (Lipinski definition) is 12. The lowest BCUT2D eigenvalue weighted by atomic mass is 9.87. The van der Waals surface area contributed by atoms with Gasteiger partial charge in [0.1, 0.15) is 29.1 Å². The number of nitrogens with zero attached hydrogens (tertiary/aromatic N) is 6. The Bertz CT molecular complexity index is 1930. The number of carbonyl (C=O) groups is 4. The molecule has 4 amide bonds. The highest BCUT2D eigenvalue weighted by Crippen LogP contribution is 2.48. The lowest BCUT2D eigenvalue weighted by Crippen LogP contribution is -2.59. The number of sulfonamides is 1. The quantitative estimate of drug-likeness (QED) is 0.229. The minimum absolute atomic E-state index is 0.101. The third kappa shape index (κ3) is 7.91. The van der Waals surface area contributed by atoms with Crippen LogP contribution in [0.15, 0.2) is 35.2 Å². The van der Waals surface area contributed by atoms with Crippen LogP contribution < -0.4 is 20.1 Å². The molecule has 1 aromatic carbocycles. The first-order chi connectivity index (χ1) is 24.5. The molecule has 6 rings (SSSR count). The van der Waals surface area contributed by atoms with E-state index >= 15 is 0 Å². The van der Waals surface area contributed by atoms with Gasteiger partial charge in [-0.2, -0.15) is 4.80 Å². The summed E-state index contributed by atoms with van der Waals surface area (Å²) >= 11 is 1.20. The second-order valence-corrected chi connectivity index (χ2v) is 17.2. The zero-order valence-electron chi connectivity index (χ0n) is 28.8. The van der Waals surface area contributed by atoms with Gasteiger partial charge in [-0.3, -0.25) is 23.9 Å². The van der Waals surface area contributed by atoms with Gasteiger partial charge in [0.2, 0.25) is 34.1 Å². The third-order valence-electron chi connectivity index (χ3n) is 9.32. The summed E-state index contributed by atoms with van der Waals surface area (Å²) in [5, 5.41) is 18.6. The van der Waals surface area contributed by atoms with E-state index in [0.717, 1.165) is 0 Å². The van der Waals surface area contributed by atoms with Gasteiger partial charge in [-0.25, -0.2) is 22.2 Å². The molecule has 52 heavy (non-hydrogen) atoms. The fourth-order valence-electron chi connectivity index (χ4n) is 6.32. The fraction of sp³-hybridized carbons (Fsp3) is 0.562. The van der Waals surface area contributed by atoms with Gasteiger partial charge < -0.3 is 20.3 Å². The van der Waals surface area contributed by atoms with Gasteiger partial charge in [-0.05, 0) is 60.6 Å².